The number of aromatic hydroxyl groups is 1. The number of amides is 1. The normalized spacial score (nSPS) is 14.7. The van der Waals surface area contributed by atoms with Crippen LogP contribution in [0, 0.1) is 0 Å². The van der Waals surface area contributed by atoms with Gasteiger partial charge < -0.3 is 25.5 Å². The second-order valence-electron chi connectivity index (χ2n) is 5.92. The number of phenols is 1. The van der Waals surface area contributed by atoms with E-state index in [1.54, 1.807) is 29.3 Å². The lowest BCUT2D eigenvalue weighted by Crippen LogP contribution is -2.42. The predicted octanol–water partition coefficient (Wildman–Crippen LogP) is 1.21. The quantitative estimate of drug-likeness (QED) is 0.505. The van der Waals surface area contributed by atoms with E-state index in [-0.39, 0.29) is 30.8 Å². The summed E-state index contributed by atoms with van der Waals surface area (Å²) in [6.07, 6.45) is 7.59. The molecule has 0 saturated heterocycles. The summed E-state index contributed by atoms with van der Waals surface area (Å²) >= 11 is 0. The van der Waals surface area contributed by atoms with E-state index in [1.165, 1.54) is 30.4 Å². The smallest absolute Gasteiger partial charge is 0.333 e. The van der Waals surface area contributed by atoms with E-state index in [9.17, 15) is 24.6 Å². The number of carbonyl (C=O) groups excluding carboxylic acids is 1. The molecule has 0 fully saturated rings. The number of nitrogens with zero attached hydrogens (tertiary/aromatic N) is 1. The highest BCUT2D eigenvalue weighted by atomic mass is 16.4. The molecule has 0 aliphatic carbocycles. The predicted molar refractivity (Wildman–Crippen MR) is 97.8 cm³/mol. The summed E-state index contributed by atoms with van der Waals surface area (Å²) in [6, 6.07) is 5.08. The summed E-state index contributed by atoms with van der Waals surface area (Å²) < 4.78 is 0. The van der Waals surface area contributed by atoms with E-state index >= 15 is 0 Å². The first-order valence-corrected chi connectivity index (χ1v) is 8.20. The first-order valence-electron chi connectivity index (χ1n) is 8.20. The van der Waals surface area contributed by atoms with Crippen LogP contribution in [-0.4, -0.2) is 57.2 Å². The monoisotopic (exact) mass is 372 g/mol. The number of carboxylic acid groups (broad SMARTS) is 2. The van der Waals surface area contributed by atoms with Gasteiger partial charge in [0, 0.05) is 19.2 Å². The zero-order valence-electron chi connectivity index (χ0n) is 14.4. The molecule has 1 aromatic carbocycles. The summed E-state index contributed by atoms with van der Waals surface area (Å²) in [6.45, 7) is 0.451. The Balaban J connectivity index is 1.88. The van der Waals surface area contributed by atoms with Gasteiger partial charge in [0.25, 0.3) is 0 Å². The maximum absolute atomic E-state index is 12.0. The number of nitrogens with one attached hydrogen (secondary N) is 1. The fourth-order valence-corrected chi connectivity index (χ4v) is 2.43. The summed E-state index contributed by atoms with van der Waals surface area (Å²) in [4.78, 5) is 36.0. The van der Waals surface area contributed by atoms with Crippen molar-refractivity contribution >= 4 is 23.9 Å². The van der Waals surface area contributed by atoms with Crippen LogP contribution in [0.4, 0.5) is 0 Å². The van der Waals surface area contributed by atoms with E-state index in [1.807, 2.05) is 0 Å². The molecule has 142 valence electrons. The Morgan fingerprint density at radius 1 is 1.19 bits per heavy atom. The van der Waals surface area contributed by atoms with Crippen LogP contribution in [0.15, 0.2) is 54.3 Å². The summed E-state index contributed by atoms with van der Waals surface area (Å²) in [7, 11) is 0. The Kier molecular flexibility index (Phi) is 6.76. The lowest BCUT2D eigenvalue weighted by Gasteiger charge is -2.24. The molecule has 27 heavy (non-hydrogen) atoms. The molecule has 0 unspecified atom stereocenters. The molecule has 1 amide bonds. The van der Waals surface area contributed by atoms with Gasteiger partial charge in [0.15, 0.2) is 0 Å². The van der Waals surface area contributed by atoms with Crippen LogP contribution >= 0.6 is 0 Å². The number of carbonyl (C=O) groups is 3. The highest BCUT2D eigenvalue weighted by molar-refractivity contribution is 5.94. The standard InChI is InChI=1S/C19H20N2O6/c22-15-6-3-13(4-7-15)5-8-17(23)20-16(19(26)27)9-11-21-10-1-2-14(12-21)18(24)25/h1-8,10,16,22H,9,11-12H2,(H,20,23)(H,24,25)(H,26,27)/b8-5+/t16-/m0/s1. The average Bonchev–Trinajstić information content (AvgIpc) is 2.64. The van der Waals surface area contributed by atoms with Crippen LogP contribution in [0.1, 0.15) is 12.0 Å². The van der Waals surface area contributed by atoms with Crippen LogP contribution in [0.3, 0.4) is 0 Å². The first kappa shape index (κ1) is 19.8. The fourth-order valence-electron chi connectivity index (χ4n) is 2.43. The topological polar surface area (TPSA) is 127 Å². The molecule has 0 aromatic heterocycles. The van der Waals surface area contributed by atoms with E-state index in [4.69, 9.17) is 5.11 Å². The maximum atomic E-state index is 12.0. The van der Waals surface area contributed by atoms with Crippen molar-refractivity contribution in [3.63, 3.8) is 0 Å². The van der Waals surface area contributed by atoms with Gasteiger partial charge in [0.2, 0.25) is 5.91 Å². The molecule has 0 spiro atoms. The number of hydrogen-bond acceptors (Lipinski definition) is 5. The molecule has 4 N–H and O–H groups in total. The van der Waals surface area contributed by atoms with E-state index in [2.05, 4.69) is 5.32 Å². The number of hydrogen-bond donors (Lipinski definition) is 4. The number of benzene rings is 1. The highest BCUT2D eigenvalue weighted by Crippen LogP contribution is 2.11. The Labute approximate surface area is 155 Å². The third-order valence-electron chi connectivity index (χ3n) is 3.88. The second kappa shape index (κ2) is 9.23. The Hall–Kier alpha value is -3.55. The van der Waals surface area contributed by atoms with Crippen molar-refractivity contribution in [1.82, 2.24) is 10.2 Å². The molecule has 1 aromatic rings. The Bertz CT molecular complexity index is 795. The van der Waals surface area contributed by atoms with Gasteiger partial charge in [-0.25, -0.2) is 9.59 Å². The molecule has 1 aliphatic rings. The van der Waals surface area contributed by atoms with Gasteiger partial charge in [-0.1, -0.05) is 12.1 Å². The number of allylic oxidation sites excluding steroid dienone is 2. The average molecular weight is 372 g/mol. The van der Waals surface area contributed by atoms with Gasteiger partial charge in [-0.3, -0.25) is 4.79 Å². The molecule has 2 rings (SSSR count). The molecule has 0 saturated carbocycles. The molecule has 0 bridgehead atoms. The first-order chi connectivity index (χ1) is 12.8. The number of aliphatic carboxylic acids is 2. The molecule has 8 heteroatoms. The second-order valence-corrected chi connectivity index (χ2v) is 5.92. The third kappa shape index (κ3) is 6.35. The van der Waals surface area contributed by atoms with Crippen LogP contribution in [0.2, 0.25) is 0 Å². The minimum absolute atomic E-state index is 0.107. The number of carboxylic acids is 2. The van der Waals surface area contributed by atoms with Crippen molar-refractivity contribution in [1.29, 1.82) is 0 Å². The zero-order valence-corrected chi connectivity index (χ0v) is 14.4. The largest absolute Gasteiger partial charge is 0.508 e. The van der Waals surface area contributed by atoms with E-state index in [0.717, 1.165) is 0 Å². The van der Waals surface area contributed by atoms with Crippen molar-refractivity contribution in [3.05, 3.63) is 59.8 Å². The third-order valence-corrected chi connectivity index (χ3v) is 3.88. The maximum Gasteiger partial charge on any atom is 0.333 e. The van der Waals surface area contributed by atoms with Crippen molar-refractivity contribution < 1.29 is 29.7 Å². The minimum Gasteiger partial charge on any atom is -0.508 e. The van der Waals surface area contributed by atoms with Crippen LogP contribution in [0.25, 0.3) is 6.08 Å². The van der Waals surface area contributed by atoms with E-state index in [0.29, 0.717) is 5.56 Å². The minimum atomic E-state index is -1.17. The molecule has 8 nitrogen and oxygen atoms in total. The molecular weight excluding hydrogens is 352 g/mol. The molecular formula is C19H20N2O6. The van der Waals surface area contributed by atoms with Gasteiger partial charge >= 0.3 is 11.9 Å². The Morgan fingerprint density at radius 3 is 2.52 bits per heavy atom. The number of phenolic OH excluding ortho intramolecular Hbond substituents is 1. The van der Waals surface area contributed by atoms with Gasteiger partial charge in [0.05, 0.1) is 5.57 Å². The van der Waals surface area contributed by atoms with Crippen molar-refractivity contribution in [2.75, 3.05) is 13.1 Å². The van der Waals surface area contributed by atoms with Gasteiger partial charge in [-0.15, -0.1) is 0 Å². The zero-order chi connectivity index (χ0) is 19.8. The summed E-state index contributed by atoms with van der Waals surface area (Å²) in [5, 5.41) is 29.9. The van der Waals surface area contributed by atoms with Gasteiger partial charge in [-0.2, -0.15) is 0 Å². The molecule has 1 aliphatic heterocycles. The molecule has 1 heterocycles. The van der Waals surface area contributed by atoms with E-state index < -0.39 is 23.9 Å². The van der Waals surface area contributed by atoms with Crippen molar-refractivity contribution in [2.45, 2.75) is 12.5 Å². The summed E-state index contributed by atoms with van der Waals surface area (Å²) in [5.41, 5.74) is 0.895. The Morgan fingerprint density at radius 2 is 1.89 bits per heavy atom. The van der Waals surface area contributed by atoms with Crippen LogP contribution in [0.5, 0.6) is 5.75 Å². The molecule has 1 atom stereocenters. The van der Waals surface area contributed by atoms with Crippen molar-refractivity contribution in [3.8, 4) is 5.75 Å². The SMILES string of the molecule is O=C(/C=C/c1ccc(O)cc1)N[C@@H](CCN1C=CC=C(C(=O)O)C1)C(=O)O. The van der Waals surface area contributed by atoms with Crippen molar-refractivity contribution in [2.24, 2.45) is 0 Å². The lowest BCUT2D eigenvalue weighted by atomic mass is 10.1. The van der Waals surface area contributed by atoms with Crippen LogP contribution in [-0.2, 0) is 14.4 Å². The fraction of sp³-hybridized carbons (Fsp3) is 0.211. The summed E-state index contributed by atoms with van der Waals surface area (Å²) in [5.74, 6) is -2.64. The molecule has 0 radical (unpaired) electrons. The number of rotatable bonds is 8. The highest BCUT2D eigenvalue weighted by Gasteiger charge is 2.21. The van der Waals surface area contributed by atoms with Crippen LogP contribution < -0.4 is 5.32 Å². The lowest BCUT2D eigenvalue weighted by molar-refractivity contribution is -0.141. The van der Waals surface area contributed by atoms with Gasteiger partial charge in [0.1, 0.15) is 11.8 Å². The van der Waals surface area contributed by atoms with Gasteiger partial charge in [-0.05, 0) is 48.5 Å².